The summed E-state index contributed by atoms with van der Waals surface area (Å²) in [4.78, 5) is 0. The van der Waals surface area contributed by atoms with E-state index in [4.69, 9.17) is 0 Å². The summed E-state index contributed by atoms with van der Waals surface area (Å²) in [5.74, 6) is -1.20. The fraction of sp³-hybridized carbons (Fsp3) is 1.00. The maximum absolute atomic E-state index is 15.5. The van der Waals surface area contributed by atoms with Crippen molar-refractivity contribution in [3.8, 4) is 0 Å². The molecule has 0 aromatic carbocycles. The molecule has 7 atom stereocenters. The molecule has 0 aromatic rings. The Kier molecular flexibility index (Phi) is 4.52. The molecule has 0 radical (unpaired) electrons. The highest BCUT2D eigenvalue weighted by atomic mass is 19.3. The van der Waals surface area contributed by atoms with Crippen molar-refractivity contribution < 1.29 is 8.78 Å². The summed E-state index contributed by atoms with van der Waals surface area (Å²) in [5, 5.41) is 0. The molecule has 7 unspecified atom stereocenters. The molecule has 0 spiro atoms. The molecule has 4 rings (SSSR count). The Morgan fingerprint density at radius 2 is 1.64 bits per heavy atom. The first kappa shape index (κ1) is 18.2. The zero-order valence-corrected chi connectivity index (χ0v) is 16.6. The van der Waals surface area contributed by atoms with Gasteiger partial charge in [-0.3, -0.25) is 0 Å². The van der Waals surface area contributed by atoms with Crippen LogP contribution >= 0.6 is 0 Å². The fourth-order valence-electron chi connectivity index (χ4n) is 8.22. The van der Waals surface area contributed by atoms with E-state index in [0.29, 0.717) is 5.92 Å². The minimum absolute atomic E-state index is 0.191. The van der Waals surface area contributed by atoms with Gasteiger partial charge in [0.25, 0.3) is 5.92 Å². The Labute approximate surface area is 153 Å². The van der Waals surface area contributed by atoms with Crippen molar-refractivity contribution in [3.05, 3.63) is 0 Å². The Hall–Kier alpha value is -0.140. The van der Waals surface area contributed by atoms with Gasteiger partial charge in [-0.05, 0) is 79.4 Å². The molecule has 0 saturated heterocycles. The number of alkyl halides is 2. The van der Waals surface area contributed by atoms with Crippen molar-refractivity contribution in [3.63, 3.8) is 0 Å². The Morgan fingerprint density at radius 3 is 2.40 bits per heavy atom. The first-order valence-corrected chi connectivity index (χ1v) is 11.2. The summed E-state index contributed by atoms with van der Waals surface area (Å²) in [6, 6.07) is 0. The Bertz CT molecular complexity index is 500. The van der Waals surface area contributed by atoms with Gasteiger partial charge >= 0.3 is 0 Å². The fourth-order valence-corrected chi connectivity index (χ4v) is 8.22. The number of halogens is 2. The number of hydrogen-bond donors (Lipinski definition) is 0. The molecule has 4 saturated carbocycles. The van der Waals surface area contributed by atoms with Gasteiger partial charge in [-0.2, -0.15) is 0 Å². The highest BCUT2D eigenvalue weighted by molar-refractivity contribution is 5.12. The number of fused-ring (bicyclic) bond motifs is 5. The van der Waals surface area contributed by atoms with Crippen LogP contribution in [-0.4, -0.2) is 5.92 Å². The summed E-state index contributed by atoms with van der Waals surface area (Å²) >= 11 is 0. The van der Waals surface area contributed by atoms with Crippen molar-refractivity contribution in [2.45, 2.75) is 104 Å². The third kappa shape index (κ3) is 2.63. The second-order valence-corrected chi connectivity index (χ2v) is 10.6. The van der Waals surface area contributed by atoms with E-state index in [1.807, 2.05) is 0 Å². The SMILES string of the molecule is CCCCC1CCC2C3C(CCC12C)C1(C)CCCCC1CC3(F)F. The van der Waals surface area contributed by atoms with E-state index in [9.17, 15) is 0 Å². The molecule has 2 heteroatoms. The van der Waals surface area contributed by atoms with Gasteiger partial charge in [-0.15, -0.1) is 0 Å². The summed E-state index contributed by atoms with van der Waals surface area (Å²) < 4.78 is 30.9. The minimum atomic E-state index is -2.42. The van der Waals surface area contributed by atoms with Gasteiger partial charge < -0.3 is 0 Å². The lowest BCUT2D eigenvalue weighted by atomic mass is 9.44. The van der Waals surface area contributed by atoms with E-state index >= 15 is 8.78 Å². The summed E-state index contributed by atoms with van der Waals surface area (Å²) in [6.07, 6.45) is 13.2. The molecular weight excluding hydrogens is 314 g/mol. The molecular formula is C23H38F2. The van der Waals surface area contributed by atoms with Gasteiger partial charge in [0.1, 0.15) is 0 Å². The van der Waals surface area contributed by atoms with Crippen molar-refractivity contribution >= 4 is 0 Å². The van der Waals surface area contributed by atoms with E-state index in [2.05, 4.69) is 20.8 Å². The number of rotatable bonds is 3. The van der Waals surface area contributed by atoms with Crippen LogP contribution in [0.2, 0.25) is 0 Å². The van der Waals surface area contributed by atoms with Crippen LogP contribution in [0.3, 0.4) is 0 Å². The average Bonchev–Trinajstić information content (AvgIpc) is 2.89. The lowest BCUT2D eigenvalue weighted by Crippen LogP contribution is -2.60. The van der Waals surface area contributed by atoms with Gasteiger partial charge in [0.05, 0.1) is 0 Å². The van der Waals surface area contributed by atoms with Crippen molar-refractivity contribution in [2.75, 3.05) is 0 Å². The van der Waals surface area contributed by atoms with Crippen LogP contribution in [0.15, 0.2) is 0 Å². The molecule has 0 bridgehead atoms. The molecule has 0 nitrogen and oxygen atoms in total. The molecule has 0 amide bonds. The van der Waals surface area contributed by atoms with Crippen LogP contribution < -0.4 is 0 Å². The van der Waals surface area contributed by atoms with Crippen molar-refractivity contribution in [2.24, 2.45) is 40.4 Å². The van der Waals surface area contributed by atoms with E-state index in [0.717, 1.165) is 19.3 Å². The smallest absolute Gasteiger partial charge is 0.207 e. The highest BCUT2D eigenvalue weighted by Gasteiger charge is 2.67. The van der Waals surface area contributed by atoms with Gasteiger partial charge in [-0.1, -0.05) is 46.5 Å². The molecule has 0 aliphatic heterocycles. The standard InChI is InChI=1S/C23H38F2/c1-4-5-8-16-10-11-18-20-19(12-14-22(16,18)3)21(2)13-7-6-9-17(21)15-23(20,24)25/h16-20H,4-15H2,1-3H3. The molecule has 0 heterocycles. The Balaban J connectivity index is 1.65. The molecule has 0 aromatic heterocycles. The minimum Gasteiger partial charge on any atom is -0.207 e. The average molecular weight is 353 g/mol. The largest absolute Gasteiger partial charge is 0.251 e. The van der Waals surface area contributed by atoms with E-state index in [-0.39, 0.29) is 40.9 Å². The third-order valence-electron chi connectivity index (χ3n) is 9.68. The summed E-state index contributed by atoms with van der Waals surface area (Å²) in [7, 11) is 0. The summed E-state index contributed by atoms with van der Waals surface area (Å²) in [6.45, 7) is 7.05. The first-order valence-electron chi connectivity index (χ1n) is 11.2. The second-order valence-electron chi connectivity index (χ2n) is 10.6. The molecule has 4 aliphatic carbocycles. The number of hydrogen-bond acceptors (Lipinski definition) is 0. The van der Waals surface area contributed by atoms with Gasteiger partial charge in [-0.25, -0.2) is 8.78 Å². The predicted octanol–water partition coefficient (Wildman–Crippen LogP) is 7.47. The molecule has 4 aliphatic rings. The topological polar surface area (TPSA) is 0 Å². The maximum atomic E-state index is 15.5. The molecule has 25 heavy (non-hydrogen) atoms. The lowest BCUT2D eigenvalue weighted by molar-refractivity contribution is -0.231. The van der Waals surface area contributed by atoms with Crippen LogP contribution in [0.4, 0.5) is 8.78 Å². The normalized spacial score (nSPS) is 51.5. The van der Waals surface area contributed by atoms with Gasteiger partial charge in [0.15, 0.2) is 0 Å². The van der Waals surface area contributed by atoms with Gasteiger partial charge in [0.2, 0.25) is 0 Å². The summed E-state index contributed by atoms with van der Waals surface area (Å²) in [5.41, 5.74) is 0.394. The van der Waals surface area contributed by atoms with E-state index in [1.165, 1.54) is 51.4 Å². The third-order valence-corrected chi connectivity index (χ3v) is 9.68. The van der Waals surface area contributed by atoms with E-state index in [1.54, 1.807) is 0 Å². The zero-order valence-electron chi connectivity index (χ0n) is 16.6. The van der Waals surface area contributed by atoms with Crippen LogP contribution in [0.5, 0.6) is 0 Å². The lowest BCUT2D eigenvalue weighted by Gasteiger charge is -2.62. The highest BCUT2D eigenvalue weighted by Crippen LogP contribution is 2.70. The van der Waals surface area contributed by atoms with Crippen LogP contribution in [-0.2, 0) is 0 Å². The first-order chi connectivity index (χ1) is 11.8. The second kappa shape index (κ2) is 6.20. The van der Waals surface area contributed by atoms with Crippen LogP contribution in [0.1, 0.15) is 97.8 Å². The quantitative estimate of drug-likeness (QED) is 0.494. The molecule has 4 fully saturated rings. The molecule has 0 N–H and O–H groups in total. The van der Waals surface area contributed by atoms with Crippen molar-refractivity contribution in [1.29, 1.82) is 0 Å². The molecule has 144 valence electrons. The predicted molar refractivity (Wildman–Crippen MR) is 99.7 cm³/mol. The zero-order chi connectivity index (χ0) is 17.9. The van der Waals surface area contributed by atoms with Crippen LogP contribution in [0.25, 0.3) is 0 Å². The van der Waals surface area contributed by atoms with E-state index < -0.39 is 5.92 Å². The van der Waals surface area contributed by atoms with Gasteiger partial charge in [0, 0.05) is 12.3 Å². The Morgan fingerprint density at radius 1 is 0.880 bits per heavy atom. The van der Waals surface area contributed by atoms with Crippen molar-refractivity contribution in [1.82, 2.24) is 0 Å². The van der Waals surface area contributed by atoms with Crippen LogP contribution in [0, 0.1) is 40.4 Å². The monoisotopic (exact) mass is 352 g/mol. The number of unbranched alkanes of at least 4 members (excludes halogenated alkanes) is 1. The maximum Gasteiger partial charge on any atom is 0.251 e.